The van der Waals surface area contributed by atoms with Gasteiger partial charge in [-0.15, -0.1) is 0 Å². The van der Waals surface area contributed by atoms with Gasteiger partial charge in [-0.25, -0.2) is 3.97 Å². The average molecular weight is 184 g/mol. The van der Waals surface area contributed by atoms with E-state index in [-0.39, 0.29) is 0 Å². The van der Waals surface area contributed by atoms with Crippen LogP contribution in [0.3, 0.4) is 0 Å². The molecule has 5 heteroatoms. The van der Waals surface area contributed by atoms with Gasteiger partial charge in [-0.2, -0.15) is 0 Å². The summed E-state index contributed by atoms with van der Waals surface area (Å²) in [6.07, 6.45) is 3.16. The Labute approximate surface area is 67.7 Å². The lowest BCUT2D eigenvalue weighted by molar-refractivity contribution is 0.287. The second-order valence-corrected chi connectivity index (χ2v) is 3.42. The van der Waals surface area contributed by atoms with E-state index in [4.69, 9.17) is 4.52 Å². The van der Waals surface area contributed by atoms with Crippen molar-refractivity contribution in [2.24, 2.45) is 0 Å². The zero-order chi connectivity index (χ0) is 7.82. The quantitative estimate of drug-likeness (QED) is 0.298. The predicted molar refractivity (Wildman–Crippen MR) is 44.5 cm³/mol. The minimum Gasteiger partial charge on any atom is -0.310 e. The second-order valence-electron chi connectivity index (χ2n) is 1.90. The largest absolute Gasteiger partial charge is 0.329 e. The molecule has 0 saturated carbocycles. The normalized spacial score (nSPS) is 13.4. The lowest BCUT2D eigenvalue weighted by Gasteiger charge is -1.99. The number of rotatable bonds is 6. The topological polar surface area (TPSA) is 35.5 Å². The van der Waals surface area contributed by atoms with Crippen molar-refractivity contribution < 1.29 is 13.1 Å². The van der Waals surface area contributed by atoms with Gasteiger partial charge in [-0.1, -0.05) is 19.8 Å². The van der Waals surface area contributed by atoms with Crippen LogP contribution in [0.25, 0.3) is 0 Å². The highest BCUT2D eigenvalue weighted by molar-refractivity contribution is 7.79. The van der Waals surface area contributed by atoms with E-state index < -0.39 is 8.25 Å². The molecular weight excluding hydrogens is 171 g/mol. The van der Waals surface area contributed by atoms with Crippen molar-refractivity contribution in [1.29, 1.82) is 0 Å². The molecule has 0 amide bonds. The standard InChI is InChI=1S/C5H13O3PS/c1-2-3-4-5-7-9(6)8-10/h9-10H,2-5H2,1H3. The van der Waals surface area contributed by atoms with Crippen molar-refractivity contribution in [3.8, 4) is 0 Å². The zero-order valence-electron chi connectivity index (χ0n) is 6.00. The van der Waals surface area contributed by atoms with Gasteiger partial charge in [0, 0.05) is 0 Å². The van der Waals surface area contributed by atoms with Gasteiger partial charge in [-0.3, -0.25) is 4.57 Å². The van der Waals surface area contributed by atoms with Crippen LogP contribution in [0.2, 0.25) is 0 Å². The van der Waals surface area contributed by atoms with Crippen molar-refractivity contribution >= 4 is 21.2 Å². The van der Waals surface area contributed by atoms with Crippen LogP contribution in [0.15, 0.2) is 0 Å². The minimum atomic E-state index is -2.30. The highest BCUT2D eigenvalue weighted by Gasteiger charge is 1.94. The highest BCUT2D eigenvalue weighted by Crippen LogP contribution is 2.25. The van der Waals surface area contributed by atoms with Crippen LogP contribution in [0.1, 0.15) is 26.2 Å². The van der Waals surface area contributed by atoms with Gasteiger partial charge in [0.05, 0.1) is 6.61 Å². The van der Waals surface area contributed by atoms with E-state index >= 15 is 0 Å². The van der Waals surface area contributed by atoms with E-state index in [1.165, 1.54) is 0 Å². The first kappa shape index (κ1) is 10.5. The monoisotopic (exact) mass is 184 g/mol. The number of unbranched alkanes of at least 4 members (excludes halogenated alkanes) is 2. The summed E-state index contributed by atoms with van der Waals surface area (Å²) in [5.41, 5.74) is 0. The molecule has 0 aliphatic heterocycles. The summed E-state index contributed by atoms with van der Waals surface area (Å²) in [6, 6.07) is 0. The molecule has 0 aromatic rings. The fourth-order valence-electron chi connectivity index (χ4n) is 0.534. The molecule has 0 bridgehead atoms. The lowest BCUT2D eigenvalue weighted by atomic mass is 10.3. The summed E-state index contributed by atoms with van der Waals surface area (Å²) in [4.78, 5) is 0. The van der Waals surface area contributed by atoms with Crippen LogP contribution in [-0.2, 0) is 13.1 Å². The van der Waals surface area contributed by atoms with Crippen LogP contribution >= 0.6 is 21.2 Å². The number of hydrogen-bond acceptors (Lipinski definition) is 4. The molecule has 1 unspecified atom stereocenters. The van der Waals surface area contributed by atoms with E-state index in [1.807, 2.05) is 0 Å². The van der Waals surface area contributed by atoms with Gasteiger partial charge in [0.1, 0.15) is 0 Å². The van der Waals surface area contributed by atoms with E-state index in [1.54, 1.807) is 0 Å². The van der Waals surface area contributed by atoms with Gasteiger partial charge < -0.3 is 4.52 Å². The first-order valence-corrected chi connectivity index (χ1v) is 4.88. The molecule has 0 heterocycles. The molecule has 1 atom stereocenters. The van der Waals surface area contributed by atoms with Crippen molar-refractivity contribution in [3.63, 3.8) is 0 Å². The Hall–Kier alpha value is 0.500. The highest BCUT2D eigenvalue weighted by atomic mass is 32.1. The molecule has 10 heavy (non-hydrogen) atoms. The molecular formula is C5H13O3PS. The van der Waals surface area contributed by atoms with Crippen molar-refractivity contribution in [3.05, 3.63) is 0 Å². The molecule has 0 saturated heterocycles. The lowest BCUT2D eigenvalue weighted by Crippen LogP contribution is -1.85. The Morgan fingerprint density at radius 2 is 2.20 bits per heavy atom. The van der Waals surface area contributed by atoms with Crippen molar-refractivity contribution in [2.45, 2.75) is 26.2 Å². The number of thiol groups is 1. The van der Waals surface area contributed by atoms with Crippen molar-refractivity contribution in [1.82, 2.24) is 0 Å². The molecule has 0 radical (unpaired) electrons. The maximum Gasteiger partial charge on any atom is 0.329 e. The molecule has 62 valence electrons. The molecule has 0 N–H and O–H groups in total. The third kappa shape index (κ3) is 6.62. The molecule has 0 aromatic heterocycles. The van der Waals surface area contributed by atoms with Crippen molar-refractivity contribution in [2.75, 3.05) is 6.61 Å². The molecule has 0 rings (SSSR count). The van der Waals surface area contributed by atoms with E-state index in [0.29, 0.717) is 6.61 Å². The van der Waals surface area contributed by atoms with Crippen LogP contribution in [0.5, 0.6) is 0 Å². The fraction of sp³-hybridized carbons (Fsp3) is 1.00. The summed E-state index contributed by atoms with van der Waals surface area (Å²) in [7, 11) is -2.30. The van der Waals surface area contributed by atoms with E-state index in [9.17, 15) is 4.57 Å². The van der Waals surface area contributed by atoms with Gasteiger partial charge in [-0.05, 0) is 19.3 Å². The summed E-state index contributed by atoms with van der Waals surface area (Å²) in [5, 5.41) is 0. The third-order valence-corrected chi connectivity index (χ3v) is 2.08. The third-order valence-electron chi connectivity index (χ3n) is 1.04. The molecule has 0 aliphatic carbocycles. The molecule has 0 aromatic carbocycles. The second kappa shape index (κ2) is 7.61. The summed E-state index contributed by atoms with van der Waals surface area (Å²) < 4.78 is 19.3. The van der Waals surface area contributed by atoms with E-state index in [2.05, 4.69) is 23.8 Å². The van der Waals surface area contributed by atoms with Crippen LogP contribution in [-0.4, -0.2) is 6.61 Å². The molecule has 0 spiro atoms. The first-order valence-electron chi connectivity index (χ1n) is 3.29. The van der Waals surface area contributed by atoms with Gasteiger partial charge in [0.2, 0.25) is 0 Å². The Morgan fingerprint density at radius 1 is 1.50 bits per heavy atom. The van der Waals surface area contributed by atoms with Crippen LogP contribution in [0, 0.1) is 0 Å². The molecule has 0 fully saturated rings. The van der Waals surface area contributed by atoms with Gasteiger partial charge >= 0.3 is 8.25 Å². The summed E-state index contributed by atoms with van der Waals surface area (Å²) >= 11 is 3.35. The first-order chi connectivity index (χ1) is 4.81. The summed E-state index contributed by atoms with van der Waals surface area (Å²) in [5.74, 6) is 0. The van der Waals surface area contributed by atoms with Gasteiger partial charge in [0.25, 0.3) is 0 Å². The van der Waals surface area contributed by atoms with Crippen LogP contribution in [0.4, 0.5) is 0 Å². The van der Waals surface area contributed by atoms with Gasteiger partial charge in [0.15, 0.2) is 0 Å². The van der Waals surface area contributed by atoms with E-state index in [0.717, 1.165) is 19.3 Å². The SMILES string of the molecule is CCCCCO[PH](=O)OS. The molecule has 0 aliphatic rings. The minimum absolute atomic E-state index is 0.506. The average Bonchev–Trinajstić information content (AvgIpc) is 1.98. The maximum absolute atomic E-state index is 10.4. The van der Waals surface area contributed by atoms with Crippen LogP contribution < -0.4 is 0 Å². The Bertz CT molecular complexity index is 98.9. The Kier molecular flexibility index (Phi) is 7.99. The fourth-order valence-corrected chi connectivity index (χ4v) is 1.06. The zero-order valence-corrected chi connectivity index (χ0v) is 7.89. The molecule has 3 nitrogen and oxygen atoms in total. The smallest absolute Gasteiger partial charge is 0.310 e. The Morgan fingerprint density at radius 3 is 2.70 bits per heavy atom. The Balaban J connectivity index is 2.96. The summed E-state index contributed by atoms with van der Waals surface area (Å²) in [6.45, 7) is 2.60. The number of hydrogen-bond donors (Lipinski definition) is 1. The predicted octanol–water partition coefficient (Wildman–Crippen LogP) is 2.44. The maximum atomic E-state index is 10.4.